The highest BCUT2D eigenvalue weighted by Crippen LogP contribution is 2.09. The predicted octanol–water partition coefficient (Wildman–Crippen LogP) is -1.65. The van der Waals surface area contributed by atoms with Gasteiger partial charge in [0.05, 0.1) is 13.2 Å². The summed E-state index contributed by atoms with van der Waals surface area (Å²) in [5.74, 6) is 0. The number of hydrogen-bond acceptors (Lipinski definition) is 5. The quantitative estimate of drug-likeness (QED) is 0.395. The summed E-state index contributed by atoms with van der Waals surface area (Å²) in [5.41, 5.74) is 0. The highest BCUT2D eigenvalue weighted by molar-refractivity contribution is 7.32. The lowest BCUT2D eigenvalue weighted by molar-refractivity contribution is 0.0450. The van der Waals surface area contributed by atoms with Crippen LogP contribution in [-0.4, -0.2) is 46.6 Å². The van der Waals surface area contributed by atoms with Gasteiger partial charge in [0, 0.05) is 7.11 Å². The second kappa shape index (κ2) is 10.0. The Morgan fingerprint density at radius 3 is 1.73 bits per heavy atom. The molecule has 0 amide bonds. The van der Waals surface area contributed by atoms with Crippen LogP contribution in [-0.2, 0) is 9.09 Å². The first-order chi connectivity index (χ1) is 5.08. The van der Waals surface area contributed by atoms with Crippen LogP contribution in [0.15, 0.2) is 0 Å². The molecule has 4 N–H and O–H groups in total. The van der Waals surface area contributed by atoms with Gasteiger partial charge in [-0.2, -0.15) is 0 Å². The van der Waals surface area contributed by atoms with Crippen molar-refractivity contribution in [2.24, 2.45) is 0 Å². The Balaban J connectivity index is 0. The first-order valence-electron chi connectivity index (χ1n) is 2.75. The molecule has 0 aliphatic rings. The maximum atomic E-state index is 9.33. The lowest BCUT2D eigenvalue weighted by Crippen LogP contribution is -2.15. The Labute approximate surface area is 65.0 Å². The van der Waals surface area contributed by atoms with Gasteiger partial charge >= 0.3 is 8.25 Å². The molecule has 0 aliphatic carbocycles. The third kappa shape index (κ3) is 17.8. The Morgan fingerprint density at radius 1 is 1.45 bits per heavy atom. The zero-order valence-corrected chi connectivity index (χ0v) is 7.10. The molecule has 0 heterocycles. The molecule has 11 heavy (non-hydrogen) atoms. The maximum Gasteiger partial charge on any atom is 0.316 e. The van der Waals surface area contributed by atoms with Gasteiger partial charge in [0.15, 0.2) is 0 Å². The Bertz CT molecular complexity index is 92.6. The van der Waals surface area contributed by atoms with E-state index < -0.39 is 14.4 Å². The van der Waals surface area contributed by atoms with Crippen molar-refractivity contribution in [1.82, 2.24) is 0 Å². The van der Waals surface area contributed by atoms with Gasteiger partial charge in [0.1, 0.15) is 6.10 Å². The van der Waals surface area contributed by atoms with E-state index in [-0.39, 0.29) is 13.2 Å². The van der Waals surface area contributed by atoms with Crippen molar-refractivity contribution in [3.8, 4) is 0 Å². The van der Waals surface area contributed by atoms with Crippen molar-refractivity contribution in [2.45, 2.75) is 6.10 Å². The summed E-state index contributed by atoms with van der Waals surface area (Å²) in [6.45, 7) is -0.729. The average molecular weight is 188 g/mol. The third-order valence-corrected chi connectivity index (χ3v) is 0.945. The first-order valence-corrected chi connectivity index (χ1v) is 4.01. The molecule has 0 aromatic rings. The third-order valence-electron chi connectivity index (χ3n) is 0.596. The Kier molecular flexibility index (Phi) is 12.4. The molecule has 1 atom stereocenters. The van der Waals surface area contributed by atoms with Crippen LogP contribution in [0.3, 0.4) is 0 Å². The lowest BCUT2D eigenvalue weighted by Gasteiger charge is -1.96. The molecule has 70 valence electrons. The van der Waals surface area contributed by atoms with Crippen LogP contribution in [0.25, 0.3) is 0 Å². The minimum Gasteiger partial charge on any atom is -0.394 e. The summed E-state index contributed by atoms with van der Waals surface area (Å²) in [6.07, 6.45) is -0.954. The number of aliphatic hydroxyl groups excluding tert-OH is 3. The average Bonchev–Trinajstić information content (AvgIpc) is 2.04. The smallest absolute Gasteiger partial charge is 0.316 e. The van der Waals surface area contributed by atoms with Gasteiger partial charge in [-0.25, -0.2) is 0 Å². The molecule has 0 saturated carbocycles. The molecule has 0 aromatic heterocycles. The van der Waals surface area contributed by atoms with Crippen molar-refractivity contribution >= 4 is 8.25 Å². The van der Waals surface area contributed by atoms with Crippen molar-refractivity contribution in [2.75, 3.05) is 20.3 Å². The van der Waals surface area contributed by atoms with E-state index in [1.807, 2.05) is 0 Å². The monoisotopic (exact) mass is 188 g/mol. The van der Waals surface area contributed by atoms with Gasteiger partial charge in [-0.3, -0.25) is 4.57 Å². The summed E-state index contributed by atoms with van der Waals surface area (Å²) >= 11 is 0. The number of hydrogen-bond donors (Lipinski definition) is 4. The van der Waals surface area contributed by atoms with Gasteiger partial charge in [-0.1, -0.05) is 0 Å². The van der Waals surface area contributed by atoms with Crippen LogP contribution in [0, 0.1) is 0 Å². The topological polar surface area (TPSA) is 107 Å². The Hall–Kier alpha value is 0.0300. The van der Waals surface area contributed by atoms with E-state index in [9.17, 15) is 4.57 Å². The van der Waals surface area contributed by atoms with Crippen molar-refractivity contribution in [1.29, 1.82) is 0 Å². The molecule has 0 rings (SSSR count). The molecule has 6 nitrogen and oxygen atoms in total. The van der Waals surface area contributed by atoms with Crippen LogP contribution in [0.1, 0.15) is 0 Å². The minimum atomic E-state index is -2.62. The molecule has 0 saturated heterocycles. The Morgan fingerprint density at radius 2 is 1.73 bits per heavy atom. The standard InChI is InChI=1S/C3H8O3.CH5O3P/c4-1-3(6)2-5;1-4-5(2)3/h3-6H,1-2H2;5H,1H3,(H,2,3). The summed E-state index contributed by atoms with van der Waals surface area (Å²) in [7, 11) is -1.44. The maximum absolute atomic E-state index is 9.33. The lowest BCUT2D eigenvalue weighted by atomic mass is 10.4. The number of rotatable bonds is 3. The van der Waals surface area contributed by atoms with E-state index in [0.717, 1.165) is 0 Å². The molecule has 0 bridgehead atoms. The molecule has 1 unspecified atom stereocenters. The summed E-state index contributed by atoms with van der Waals surface area (Å²) < 4.78 is 13.2. The molecule has 0 fully saturated rings. The first kappa shape index (κ1) is 13.6. The second-order valence-electron chi connectivity index (χ2n) is 1.49. The van der Waals surface area contributed by atoms with Crippen LogP contribution in [0.2, 0.25) is 0 Å². The molecular weight excluding hydrogens is 175 g/mol. The zero-order chi connectivity index (χ0) is 9.28. The molecular formula is C4H13O6P. The molecule has 0 aliphatic heterocycles. The molecule has 7 heteroatoms. The van der Waals surface area contributed by atoms with Crippen molar-refractivity contribution in [3.63, 3.8) is 0 Å². The molecule has 0 radical (unpaired) electrons. The molecule has 0 spiro atoms. The van der Waals surface area contributed by atoms with E-state index in [1.165, 1.54) is 7.11 Å². The van der Waals surface area contributed by atoms with E-state index >= 15 is 0 Å². The second-order valence-corrected chi connectivity index (χ2v) is 2.43. The van der Waals surface area contributed by atoms with Crippen molar-refractivity contribution < 1.29 is 29.3 Å². The largest absolute Gasteiger partial charge is 0.394 e. The van der Waals surface area contributed by atoms with Gasteiger partial charge in [0.25, 0.3) is 0 Å². The normalized spacial score (nSPS) is 12.2. The van der Waals surface area contributed by atoms with Crippen LogP contribution in [0.4, 0.5) is 0 Å². The van der Waals surface area contributed by atoms with Crippen molar-refractivity contribution in [3.05, 3.63) is 0 Å². The van der Waals surface area contributed by atoms with Gasteiger partial charge in [0.2, 0.25) is 0 Å². The van der Waals surface area contributed by atoms with E-state index in [4.69, 9.17) is 20.2 Å². The zero-order valence-electron chi connectivity index (χ0n) is 6.10. The number of aliphatic hydroxyl groups is 3. The minimum absolute atomic E-state index is 0.365. The van der Waals surface area contributed by atoms with E-state index in [0.29, 0.717) is 0 Å². The van der Waals surface area contributed by atoms with Crippen LogP contribution in [0.5, 0.6) is 0 Å². The fourth-order valence-corrected chi connectivity index (χ4v) is 0.0577. The summed E-state index contributed by atoms with van der Waals surface area (Å²) in [4.78, 5) is 7.69. The van der Waals surface area contributed by atoms with Gasteiger partial charge in [-0.05, 0) is 0 Å². The summed E-state index contributed by atoms with van der Waals surface area (Å²) in [6, 6.07) is 0. The predicted molar refractivity (Wildman–Crippen MR) is 38.4 cm³/mol. The van der Waals surface area contributed by atoms with Crippen LogP contribution < -0.4 is 0 Å². The van der Waals surface area contributed by atoms with Gasteiger partial charge in [-0.15, -0.1) is 0 Å². The fourth-order valence-electron chi connectivity index (χ4n) is 0.0577. The fraction of sp³-hybridized carbons (Fsp3) is 1.00. The SMILES string of the molecule is CO[PH](=O)O.OCC(O)CO. The van der Waals surface area contributed by atoms with E-state index in [2.05, 4.69) is 4.52 Å². The van der Waals surface area contributed by atoms with E-state index in [1.54, 1.807) is 0 Å². The highest BCUT2D eigenvalue weighted by Gasteiger charge is 1.93. The summed E-state index contributed by atoms with van der Waals surface area (Å²) in [5, 5.41) is 24.0. The van der Waals surface area contributed by atoms with Gasteiger partial charge < -0.3 is 24.7 Å². The van der Waals surface area contributed by atoms with Crippen LogP contribution >= 0.6 is 8.25 Å². The molecule has 0 aromatic carbocycles. The highest BCUT2D eigenvalue weighted by atomic mass is 31.1.